The molecule has 0 saturated heterocycles. The number of hydrogen-bond donors (Lipinski definition) is 2. The Bertz CT molecular complexity index is 829. The van der Waals surface area contributed by atoms with E-state index < -0.39 is 11.9 Å². The van der Waals surface area contributed by atoms with E-state index in [1.54, 1.807) is 14.0 Å². The lowest BCUT2D eigenvalue weighted by atomic mass is 9.95. The van der Waals surface area contributed by atoms with Gasteiger partial charge in [-0.05, 0) is 41.5 Å². The fraction of sp³-hybridized carbons (Fsp3) is 0.375. The Balaban J connectivity index is 2.09. The number of fused-ring (bicyclic) bond motifs is 1. The SMILES string of the molecule is CCCOc1ccc(C2C(C(N)=O)=C(C)Nc3nnnn32)cc1OC. The molecule has 1 aromatic heterocycles. The molecule has 1 amide bonds. The number of benzene rings is 1. The van der Waals surface area contributed by atoms with Gasteiger partial charge < -0.3 is 20.5 Å². The van der Waals surface area contributed by atoms with Crippen LogP contribution in [0.2, 0.25) is 0 Å². The van der Waals surface area contributed by atoms with Crippen molar-refractivity contribution in [1.29, 1.82) is 0 Å². The summed E-state index contributed by atoms with van der Waals surface area (Å²) in [6, 6.07) is 4.93. The molecule has 1 atom stereocenters. The van der Waals surface area contributed by atoms with E-state index in [1.807, 2.05) is 25.1 Å². The van der Waals surface area contributed by atoms with Crippen LogP contribution in [0.1, 0.15) is 31.9 Å². The number of methoxy groups -OCH3 is 1. The number of amides is 1. The minimum absolute atomic E-state index is 0.393. The van der Waals surface area contributed by atoms with Gasteiger partial charge in [0, 0.05) is 5.70 Å². The van der Waals surface area contributed by atoms with E-state index in [0.29, 0.717) is 35.3 Å². The van der Waals surface area contributed by atoms with Gasteiger partial charge in [0.25, 0.3) is 0 Å². The quantitative estimate of drug-likeness (QED) is 0.809. The average Bonchev–Trinajstić information content (AvgIpc) is 3.06. The van der Waals surface area contributed by atoms with Gasteiger partial charge in [-0.1, -0.05) is 18.1 Å². The maximum absolute atomic E-state index is 12.0. The summed E-state index contributed by atoms with van der Waals surface area (Å²) < 4.78 is 12.6. The summed E-state index contributed by atoms with van der Waals surface area (Å²) in [6.07, 6.45) is 0.890. The third-order valence-corrected chi connectivity index (χ3v) is 3.94. The molecule has 1 unspecified atom stereocenters. The largest absolute Gasteiger partial charge is 0.493 e. The van der Waals surface area contributed by atoms with Crippen molar-refractivity contribution in [2.24, 2.45) is 5.73 Å². The number of ether oxygens (including phenoxy) is 2. The molecule has 0 fully saturated rings. The number of nitrogens with zero attached hydrogens (tertiary/aromatic N) is 4. The van der Waals surface area contributed by atoms with E-state index in [4.69, 9.17) is 15.2 Å². The summed E-state index contributed by atoms with van der Waals surface area (Å²) in [4.78, 5) is 12.0. The molecule has 2 aromatic rings. The molecule has 3 N–H and O–H groups in total. The second kappa shape index (κ2) is 6.80. The number of nitrogens with two attached hydrogens (primary N) is 1. The summed E-state index contributed by atoms with van der Waals surface area (Å²) in [6.45, 7) is 4.38. The molecule has 25 heavy (non-hydrogen) atoms. The molecule has 9 heteroatoms. The predicted octanol–water partition coefficient (Wildman–Crippen LogP) is 1.24. The summed E-state index contributed by atoms with van der Waals surface area (Å²) in [5.41, 5.74) is 7.38. The third kappa shape index (κ3) is 3.00. The number of tetrazole rings is 1. The molecule has 3 rings (SSSR count). The highest BCUT2D eigenvalue weighted by atomic mass is 16.5. The molecule has 0 aliphatic carbocycles. The van der Waals surface area contributed by atoms with Gasteiger partial charge in [0.05, 0.1) is 19.3 Å². The fourth-order valence-electron chi connectivity index (χ4n) is 2.83. The number of rotatable bonds is 6. The molecule has 2 heterocycles. The maximum Gasteiger partial charge on any atom is 0.248 e. The Morgan fingerprint density at radius 1 is 1.40 bits per heavy atom. The monoisotopic (exact) mass is 344 g/mol. The molecule has 9 nitrogen and oxygen atoms in total. The zero-order valence-corrected chi connectivity index (χ0v) is 14.3. The van der Waals surface area contributed by atoms with Crippen LogP contribution in [0, 0.1) is 0 Å². The summed E-state index contributed by atoms with van der Waals surface area (Å²) in [5.74, 6) is 1.11. The number of carbonyl (C=O) groups is 1. The molecule has 0 radical (unpaired) electrons. The van der Waals surface area contributed by atoms with Crippen LogP contribution in [0.15, 0.2) is 29.5 Å². The minimum atomic E-state index is -0.544. The Morgan fingerprint density at radius 2 is 2.20 bits per heavy atom. The third-order valence-electron chi connectivity index (χ3n) is 3.94. The molecule has 1 aliphatic rings. The molecular formula is C16H20N6O3. The summed E-state index contributed by atoms with van der Waals surface area (Å²) >= 11 is 0. The number of aromatic nitrogens is 4. The average molecular weight is 344 g/mol. The lowest BCUT2D eigenvalue weighted by Gasteiger charge is -2.27. The van der Waals surface area contributed by atoms with E-state index >= 15 is 0 Å². The second-order valence-electron chi connectivity index (χ2n) is 5.64. The van der Waals surface area contributed by atoms with Crippen LogP contribution in [-0.2, 0) is 4.79 Å². The standard InChI is InChI=1S/C16H20N6O3/c1-4-7-25-11-6-5-10(8-12(11)24-3)14-13(15(17)23)9(2)18-16-19-20-21-22(14)16/h5-6,8,14H,4,7H2,1-3H3,(H2,17,23)(H,18,19,21). The van der Waals surface area contributed by atoms with Crippen LogP contribution in [0.3, 0.4) is 0 Å². The highest BCUT2D eigenvalue weighted by Crippen LogP contribution is 2.37. The van der Waals surface area contributed by atoms with Crippen molar-refractivity contribution in [3.63, 3.8) is 0 Å². The lowest BCUT2D eigenvalue weighted by Crippen LogP contribution is -2.31. The van der Waals surface area contributed by atoms with Crippen molar-refractivity contribution in [1.82, 2.24) is 20.2 Å². The van der Waals surface area contributed by atoms with Crippen molar-refractivity contribution in [2.75, 3.05) is 19.0 Å². The molecule has 0 bridgehead atoms. The molecule has 0 saturated carbocycles. The van der Waals surface area contributed by atoms with Gasteiger partial charge in [-0.2, -0.15) is 4.68 Å². The molecular weight excluding hydrogens is 324 g/mol. The van der Waals surface area contributed by atoms with E-state index in [1.165, 1.54) is 4.68 Å². The molecule has 1 aliphatic heterocycles. The van der Waals surface area contributed by atoms with Crippen LogP contribution in [0.4, 0.5) is 5.95 Å². The van der Waals surface area contributed by atoms with Gasteiger partial charge >= 0.3 is 0 Å². The fourth-order valence-corrected chi connectivity index (χ4v) is 2.83. The van der Waals surface area contributed by atoms with Crippen LogP contribution in [0.25, 0.3) is 0 Å². The Hall–Kier alpha value is -3.10. The van der Waals surface area contributed by atoms with Gasteiger partial charge in [0.15, 0.2) is 11.5 Å². The van der Waals surface area contributed by atoms with Crippen molar-refractivity contribution < 1.29 is 14.3 Å². The number of carbonyl (C=O) groups excluding carboxylic acids is 1. The highest BCUT2D eigenvalue weighted by molar-refractivity contribution is 5.95. The van der Waals surface area contributed by atoms with Gasteiger partial charge in [-0.25, -0.2) is 0 Å². The zero-order valence-electron chi connectivity index (χ0n) is 14.3. The van der Waals surface area contributed by atoms with E-state index in [2.05, 4.69) is 20.8 Å². The second-order valence-corrected chi connectivity index (χ2v) is 5.64. The van der Waals surface area contributed by atoms with E-state index in [-0.39, 0.29) is 0 Å². The van der Waals surface area contributed by atoms with E-state index in [0.717, 1.165) is 12.0 Å². The van der Waals surface area contributed by atoms with Crippen molar-refractivity contribution in [3.8, 4) is 11.5 Å². The van der Waals surface area contributed by atoms with Crippen molar-refractivity contribution >= 4 is 11.9 Å². The lowest BCUT2D eigenvalue weighted by molar-refractivity contribution is -0.115. The first-order valence-electron chi connectivity index (χ1n) is 7.93. The van der Waals surface area contributed by atoms with Crippen LogP contribution in [-0.4, -0.2) is 39.8 Å². The number of hydrogen-bond acceptors (Lipinski definition) is 7. The molecule has 132 valence electrons. The maximum atomic E-state index is 12.0. The Kier molecular flexibility index (Phi) is 4.55. The summed E-state index contributed by atoms with van der Waals surface area (Å²) in [7, 11) is 1.57. The van der Waals surface area contributed by atoms with Gasteiger partial charge in [-0.3, -0.25) is 4.79 Å². The zero-order chi connectivity index (χ0) is 18.0. The van der Waals surface area contributed by atoms with Crippen LogP contribution < -0.4 is 20.5 Å². The smallest absolute Gasteiger partial charge is 0.248 e. The summed E-state index contributed by atoms with van der Waals surface area (Å²) in [5, 5.41) is 14.6. The number of anilines is 1. The predicted molar refractivity (Wildman–Crippen MR) is 90.3 cm³/mol. The molecule has 1 aromatic carbocycles. The first-order chi connectivity index (χ1) is 12.1. The van der Waals surface area contributed by atoms with Crippen molar-refractivity contribution in [2.45, 2.75) is 26.3 Å². The highest BCUT2D eigenvalue weighted by Gasteiger charge is 2.33. The first-order valence-corrected chi connectivity index (χ1v) is 7.93. The normalized spacial score (nSPS) is 16.2. The molecule has 0 spiro atoms. The topological polar surface area (TPSA) is 117 Å². The Morgan fingerprint density at radius 3 is 2.88 bits per heavy atom. The Labute approximate surface area is 144 Å². The van der Waals surface area contributed by atoms with Gasteiger partial charge in [-0.15, -0.1) is 0 Å². The number of primary amides is 1. The van der Waals surface area contributed by atoms with Crippen molar-refractivity contribution in [3.05, 3.63) is 35.0 Å². The number of nitrogens with one attached hydrogen (secondary N) is 1. The minimum Gasteiger partial charge on any atom is -0.493 e. The number of allylic oxidation sites excluding steroid dienone is 1. The van der Waals surface area contributed by atoms with Gasteiger partial charge in [0.2, 0.25) is 11.9 Å². The van der Waals surface area contributed by atoms with Crippen LogP contribution in [0.5, 0.6) is 11.5 Å². The van der Waals surface area contributed by atoms with Crippen LogP contribution >= 0.6 is 0 Å². The van der Waals surface area contributed by atoms with Gasteiger partial charge in [0.1, 0.15) is 6.04 Å². The van der Waals surface area contributed by atoms with E-state index in [9.17, 15) is 4.79 Å². The first kappa shape index (κ1) is 16.7.